The van der Waals surface area contributed by atoms with Crippen molar-refractivity contribution in [2.45, 2.75) is 12.8 Å². The zero-order valence-electron chi connectivity index (χ0n) is 9.37. The Morgan fingerprint density at radius 3 is 2.88 bits per heavy atom. The van der Waals surface area contributed by atoms with Gasteiger partial charge < -0.3 is 15.2 Å². The van der Waals surface area contributed by atoms with Gasteiger partial charge in [-0.3, -0.25) is 4.79 Å². The highest BCUT2D eigenvalue weighted by molar-refractivity contribution is 9.10. The van der Waals surface area contributed by atoms with Crippen molar-refractivity contribution in [3.8, 4) is 11.5 Å². The normalized spacial score (nSPS) is 14.2. The van der Waals surface area contributed by atoms with Crippen LogP contribution < -0.4 is 15.2 Å². The minimum absolute atomic E-state index is 0.0175. The van der Waals surface area contributed by atoms with Crippen molar-refractivity contribution in [2.24, 2.45) is 5.73 Å². The number of hydrogen-bond acceptors (Lipinski definition) is 4. The van der Waals surface area contributed by atoms with Crippen molar-refractivity contribution in [2.75, 3.05) is 19.8 Å². The van der Waals surface area contributed by atoms with Gasteiger partial charge >= 0.3 is 0 Å². The molecule has 0 spiro atoms. The molecule has 1 aromatic carbocycles. The molecule has 0 fully saturated rings. The summed E-state index contributed by atoms with van der Waals surface area (Å²) in [6, 6.07) is 3.48. The Balaban J connectivity index is 2.35. The number of nitrogens with two attached hydrogens (primary N) is 1. The van der Waals surface area contributed by atoms with Crippen LogP contribution in [0.2, 0.25) is 0 Å². The Morgan fingerprint density at radius 1 is 1.35 bits per heavy atom. The zero-order valence-corrected chi connectivity index (χ0v) is 11.0. The molecule has 0 saturated carbocycles. The maximum Gasteiger partial charge on any atom is 0.175 e. The van der Waals surface area contributed by atoms with Gasteiger partial charge in [0.25, 0.3) is 0 Å². The molecule has 0 unspecified atom stereocenters. The summed E-state index contributed by atoms with van der Waals surface area (Å²) in [6.07, 6.45) is 1.18. The molecule has 1 aromatic rings. The van der Waals surface area contributed by atoms with Gasteiger partial charge in [-0.15, -0.1) is 0 Å². The third-order valence-corrected chi connectivity index (χ3v) is 3.08. The van der Waals surface area contributed by atoms with Gasteiger partial charge in [0.1, 0.15) is 0 Å². The zero-order chi connectivity index (χ0) is 12.3. The molecule has 5 heteroatoms. The lowest BCUT2D eigenvalue weighted by Gasteiger charge is -2.11. The Bertz CT molecular complexity index is 434. The minimum Gasteiger partial charge on any atom is -0.489 e. The van der Waals surface area contributed by atoms with Crippen LogP contribution in [0.5, 0.6) is 11.5 Å². The third kappa shape index (κ3) is 2.79. The van der Waals surface area contributed by atoms with E-state index in [0.29, 0.717) is 43.2 Å². The van der Waals surface area contributed by atoms with E-state index in [1.807, 2.05) is 0 Å². The number of carbonyl (C=O) groups excluding carboxylic acids is 1. The van der Waals surface area contributed by atoms with E-state index < -0.39 is 0 Å². The van der Waals surface area contributed by atoms with Gasteiger partial charge in [0.15, 0.2) is 17.3 Å². The van der Waals surface area contributed by atoms with Crippen LogP contribution in [0.1, 0.15) is 23.2 Å². The molecule has 1 heterocycles. The summed E-state index contributed by atoms with van der Waals surface area (Å²) >= 11 is 3.40. The summed E-state index contributed by atoms with van der Waals surface area (Å²) < 4.78 is 11.9. The number of hydrogen-bond donors (Lipinski definition) is 1. The average Bonchev–Trinajstić information content (AvgIpc) is 2.54. The monoisotopic (exact) mass is 299 g/mol. The Kier molecular flexibility index (Phi) is 4.02. The molecular formula is C12H14BrNO3. The van der Waals surface area contributed by atoms with Crippen LogP contribution in [0, 0.1) is 0 Å². The van der Waals surface area contributed by atoms with Gasteiger partial charge in [-0.1, -0.05) is 0 Å². The number of rotatable bonds is 3. The predicted molar refractivity (Wildman–Crippen MR) is 67.8 cm³/mol. The van der Waals surface area contributed by atoms with E-state index in [0.717, 1.165) is 10.9 Å². The highest BCUT2D eigenvalue weighted by Gasteiger charge is 2.17. The summed E-state index contributed by atoms with van der Waals surface area (Å²) in [5, 5.41) is 0. The second-order valence-electron chi connectivity index (χ2n) is 3.80. The molecular weight excluding hydrogens is 286 g/mol. The standard InChI is InChI=1S/C12H14BrNO3/c13-9-6-8(10(15)2-3-14)7-11-12(9)17-5-1-4-16-11/h6-7H,1-5,14H2. The maximum absolute atomic E-state index is 11.8. The molecule has 0 saturated heterocycles. The van der Waals surface area contributed by atoms with Crippen molar-refractivity contribution >= 4 is 21.7 Å². The maximum atomic E-state index is 11.8. The molecule has 4 nitrogen and oxygen atoms in total. The van der Waals surface area contributed by atoms with Crippen LogP contribution in [-0.2, 0) is 0 Å². The fraction of sp³-hybridized carbons (Fsp3) is 0.417. The van der Waals surface area contributed by atoms with E-state index in [4.69, 9.17) is 15.2 Å². The minimum atomic E-state index is 0.0175. The fourth-order valence-electron chi connectivity index (χ4n) is 1.67. The van der Waals surface area contributed by atoms with Gasteiger partial charge in [0.2, 0.25) is 0 Å². The first kappa shape index (κ1) is 12.4. The number of Topliss-reactive ketones (excluding diaryl/α,β-unsaturated/α-hetero) is 1. The summed E-state index contributed by atoms with van der Waals surface area (Å²) in [7, 11) is 0. The van der Waals surface area contributed by atoms with Gasteiger partial charge in [-0.2, -0.15) is 0 Å². The Morgan fingerprint density at radius 2 is 2.12 bits per heavy atom. The molecule has 1 aliphatic rings. The van der Waals surface area contributed by atoms with Crippen molar-refractivity contribution in [3.63, 3.8) is 0 Å². The van der Waals surface area contributed by atoms with Crippen LogP contribution in [0.15, 0.2) is 16.6 Å². The summed E-state index contributed by atoms with van der Waals surface area (Å²) in [6.45, 7) is 1.58. The SMILES string of the molecule is NCCC(=O)c1cc(Br)c2c(c1)OCCCO2. The van der Waals surface area contributed by atoms with Crippen molar-refractivity contribution in [3.05, 3.63) is 22.2 Å². The molecule has 0 radical (unpaired) electrons. The number of ketones is 1. The van der Waals surface area contributed by atoms with Crippen molar-refractivity contribution in [1.82, 2.24) is 0 Å². The Hall–Kier alpha value is -1.07. The van der Waals surface area contributed by atoms with E-state index in [1.165, 1.54) is 0 Å². The van der Waals surface area contributed by atoms with Crippen LogP contribution in [-0.4, -0.2) is 25.5 Å². The molecule has 1 aliphatic heterocycles. The lowest BCUT2D eigenvalue weighted by Crippen LogP contribution is -2.08. The molecule has 0 atom stereocenters. The van der Waals surface area contributed by atoms with E-state index in [2.05, 4.69) is 15.9 Å². The molecule has 92 valence electrons. The fourth-order valence-corrected chi connectivity index (χ4v) is 2.22. The highest BCUT2D eigenvalue weighted by Crippen LogP contribution is 2.38. The summed E-state index contributed by atoms with van der Waals surface area (Å²) in [5.74, 6) is 1.31. The molecule has 0 aliphatic carbocycles. The topological polar surface area (TPSA) is 61.6 Å². The molecule has 0 bridgehead atoms. The van der Waals surface area contributed by atoms with Gasteiger partial charge in [0, 0.05) is 18.4 Å². The number of benzene rings is 1. The van der Waals surface area contributed by atoms with Crippen molar-refractivity contribution < 1.29 is 14.3 Å². The molecule has 0 amide bonds. The quantitative estimate of drug-likeness (QED) is 0.869. The number of fused-ring (bicyclic) bond motifs is 1. The molecule has 0 aromatic heterocycles. The second-order valence-corrected chi connectivity index (χ2v) is 4.65. The first-order chi connectivity index (χ1) is 8.22. The van der Waals surface area contributed by atoms with Crippen molar-refractivity contribution in [1.29, 1.82) is 0 Å². The van der Waals surface area contributed by atoms with Gasteiger partial charge in [-0.05, 0) is 34.6 Å². The smallest absolute Gasteiger partial charge is 0.175 e. The average molecular weight is 300 g/mol. The van der Waals surface area contributed by atoms with Gasteiger partial charge in [0.05, 0.1) is 17.7 Å². The van der Waals surface area contributed by atoms with E-state index in [1.54, 1.807) is 12.1 Å². The van der Waals surface area contributed by atoms with E-state index in [-0.39, 0.29) is 5.78 Å². The summed E-state index contributed by atoms with van der Waals surface area (Å²) in [5.41, 5.74) is 5.98. The van der Waals surface area contributed by atoms with Crippen LogP contribution in [0.25, 0.3) is 0 Å². The predicted octanol–water partition coefficient (Wildman–Crippen LogP) is 2.14. The largest absolute Gasteiger partial charge is 0.489 e. The second kappa shape index (κ2) is 5.51. The molecule has 17 heavy (non-hydrogen) atoms. The van der Waals surface area contributed by atoms with E-state index in [9.17, 15) is 4.79 Å². The lowest BCUT2D eigenvalue weighted by molar-refractivity contribution is 0.0985. The third-order valence-electron chi connectivity index (χ3n) is 2.50. The lowest BCUT2D eigenvalue weighted by atomic mass is 10.1. The molecule has 2 rings (SSSR count). The highest BCUT2D eigenvalue weighted by atomic mass is 79.9. The first-order valence-corrected chi connectivity index (χ1v) is 6.34. The van der Waals surface area contributed by atoms with Gasteiger partial charge in [-0.25, -0.2) is 0 Å². The number of carbonyl (C=O) groups is 1. The Labute approximate surface area is 108 Å². The number of ether oxygens (including phenoxy) is 2. The summed E-state index contributed by atoms with van der Waals surface area (Å²) in [4.78, 5) is 11.8. The van der Waals surface area contributed by atoms with Crippen LogP contribution in [0.4, 0.5) is 0 Å². The van der Waals surface area contributed by atoms with Crippen LogP contribution in [0.3, 0.4) is 0 Å². The van der Waals surface area contributed by atoms with E-state index >= 15 is 0 Å². The first-order valence-electron chi connectivity index (χ1n) is 5.55. The molecule has 2 N–H and O–H groups in total. The number of halogens is 1. The van der Waals surface area contributed by atoms with Crippen LogP contribution >= 0.6 is 15.9 Å².